The van der Waals surface area contributed by atoms with Crippen LogP contribution in [-0.2, 0) is 4.74 Å². The van der Waals surface area contributed by atoms with Crippen molar-refractivity contribution in [3.63, 3.8) is 0 Å². The van der Waals surface area contributed by atoms with Crippen LogP contribution in [0.1, 0.15) is 19.3 Å². The Labute approximate surface area is 92.6 Å². The zero-order chi connectivity index (χ0) is 11.1. The number of nitrogens with zero attached hydrogens (tertiary/aromatic N) is 1. The van der Waals surface area contributed by atoms with Gasteiger partial charge in [-0.15, -0.1) is 0 Å². The number of hydrogen-bond donors (Lipinski definition) is 2. The molecular formula is C11H24N2O2. The second-order valence-electron chi connectivity index (χ2n) is 4.28. The van der Waals surface area contributed by atoms with E-state index in [2.05, 4.69) is 17.3 Å². The van der Waals surface area contributed by atoms with E-state index in [1.54, 1.807) is 0 Å². The molecule has 0 aromatic rings. The van der Waals surface area contributed by atoms with Crippen LogP contribution in [0.4, 0.5) is 0 Å². The van der Waals surface area contributed by atoms with Crippen LogP contribution in [0, 0.1) is 0 Å². The van der Waals surface area contributed by atoms with Crippen LogP contribution in [0.3, 0.4) is 0 Å². The Kier molecular flexibility index (Phi) is 6.17. The predicted molar refractivity (Wildman–Crippen MR) is 61.0 cm³/mol. The molecule has 0 aliphatic carbocycles. The molecule has 1 unspecified atom stereocenters. The predicted octanol–water partition coefficient (Wildman–Crippen LogP) is 0.0676. The van der Waals surface area contributed by atoms with Gasteiger partial charge in [0.1, 0.15) is 0 Å². The topological polar surface area (TPSA) is 44.7 Å². The highest BCUT2D eigenvalue weighted by molar-refractivity contribution is 4.74. The smallest absolute Gasteiger partial charge is 0.0585 e. The molecule has 1 saturated heterocycles. The summed E-state index contributed by atoms with van der Waals surface area (Å²) in [6, 6.07) is 0.891. The Bertz CT molecular complexity index is 157. The molecule has 1 aliphatic rings. The molecule has 90 valence electrons. The summed E-state index contributed by atoms with van der Waals surface area (Å²) in [5, 5.41) is 12.2. The highest BCUT2D eigenvalue weighted by Gasteiger charge is 2.18. The molecule has 2 N–H and O–H groups in total. The molecule has 0 bridgehead atoms. The van der Waals surface area contributed by atoms with Crippen LogP contribution < -0.4 is 5.32 Å². The third kappa shape index (κ3) is 4.47. The number of rotatable bonds is 6. The molecule has 0 aromatic heterocycles. The average molecular weight is 216 g/mol. The normalized spacial score (nSPS) is 20.8. The molecule has 1 fully saturated rings. The number of ether oxygens (including phenoxy) is 1. The van der Waals surface area contributed by atoms with Crippen LogP contribution in [0.2, 0.25) is 0 Å². The molecule has 1 atom stereocenters. The number of nitrogens with one attached hydrogen (secondary N) is 1. The van der Waals surface area contributed by atoms with Crippen molar-refractivity contribution in [3.8, 4) is 0 Å². The van der Waals surface area contributed by atoms with Gasteiger partial charge in [-0.3, -0.25) is 0 Å². The van der Waals surface area contributed by atoms with Crippen LogP contribution in [0.25, 0.3) is 0 Å². The van der Waals surface area contributed by atoms with Crippen molar-refractivity contribution in [2.24, 2.45) is 0 Å². The summed E-state index contributed by atoms with van der Waals surface area (Å²) in [6.07, 6.45) is 3.28. The van der Waals surface area contributed by atoms with Gasteiger partial charge in [-0.25, -0.2) is 0 Å². The Hall–Kier alpha value is -0.160. The van der Waals surface area contributed by atoms with E-state index in [1.165, 1.54) is 0 Å². The SMILES string of the molecule is CNC(CO)CCN(C)C1CCOCC1. The van der Waals surface area contributed by atoms with E-state index >= 15 is 0 Å². The van der Waals surface area contributed by atoms with Gasteiger partial charge in [-0.1, -0.05) is 0 Å². The number of aliphatic hydroxyl groups is 1. The van der Waals surface area contributed by atoms with Gasteiger partial charge < -0.3 is 20.1 Å². The van der Waals surface area contributed by atoms with E-state index in [1.807, 2.05) is 7.05 Å². The molecule has 4 nitrogen and oxygen atoms in total. The van der Waals surface area contributed by atoms with Crippen LogP contribution in [0.5, 0.6) is 0 Å². The second-order valence-corrected chi connectivity index (χ2v) is 4.28. The quantitative estimate of drug-likeness (QED) is 0.659. The molecular weight excluding hydrogens is 192 g/mol. The molecule has 0 amide bonds. The first-order chi connectivity index (χ1) is 7.27. The Morgan fingerprint density at radius 1 is 1.47 bits per heavy atom. The summed E-state index contributed by atoms with van der Waals surface area (Å²) >= 11 is 0. The van der Waals surface area contributed by atoms with E-state index in [9.17, 15) is 0 Å². The van der Waals surface area contributed by atoms with Gasteiger partial charge in [0.25, 0.3) is 0 Å². The molecule has 15 heavy (non-hydrogen) atoms. The van der Waals surface area contributed by atoms with E-state index in [0.29, 0.717) is 6.04 Å². The first-order valence-corrected chi connectivity index (χ1v) is 5.84. The van der Waals surface area contributed by atoms with Gasteiger partial charge in [0.2, 0.25) is 0 Å². The summed E-state index contributed by atoms with van der Waals surface area (Å²) in [6.45, 7) is 3.05. The highest BCUT2D eigenvalue weighted by atomic mass is 16.5. The summed E-state index contributed by atoms with van der Waals surface area (Å²) in [5.74, 6) is 0. The monoisotopic (exact) mass is 216 g/mol. The standard InChI is InChI=1S/C11H24N2O2/c1-12-10(9-14)3-6-13(2)11-4-7-15-8-5-11/h10-12,14H,3-9H2,1-2H3. The Morgan fingerprint density at radius 3 is 2.67 bits per heavy atom. The van der Waals surface area contributed by atoms with Crippen molar-refractivity contribution in [3.05, 3.63) is 0 Å². The van der Waals surface area contributed by atoms with E-state index in [-0.39, 0.29) is 12.6 Å². The number of aliphatic hydroxyl groups excluding tert-OH is 1. The fraction of sp³-hybridized carbons (Fsp3) is 1.00. The van der Waals surface area contributed by atoms with Gasteiger partial charge >= 0.3 is 0 Å². The van der Waals surface area contributed by atoms with E-state index in [4.69, 9.17) is 9.84 Å². The maximum absolute atomic E-state index is 9.05. The molecule has 0 radical (unpaired) electrons. The molecule has 1 rings (SSSR count). The first-order valence-electron chi connectivity index (χ1n) is 5.84. The maximum atomic E-state index is 9.05. The lowest BCUT2D eigenvalue weighted by Gasteiger charge is -2.31. The van der Waals surface area contributed by atoms with Crippen molar-refractivity contribution in [1.82, 2.24) is 10.2 Å². The van der Waals surface area contributed by atoms with Crippen molar-refractivity contribution < 1.29 is 9.84 Å². The van der Waals surface area contributed by atoms with E-state index < -0.39 is 0 Å². The number of hydrogen-bond acceptors (Lipinski definition) is 4. The largest absolute Gasteiger partial charge is 0.395 e. The fourth-order valence-corrected chi connectivity index (χ4v) is 1.99. The van der Waals surface area contributed by atoms with Gasteiger partial charge in [0.05, 0.1) is 6.61 Å². The minimum Gasteiger partial charge on any atom is -0.395 e. The van der Waals surface area contributed by atoms with Crippen molar-refractivity contribution in [1.29, 1.82) is 0 Å². The summed E-state index contributed by atoms with van der Waals surface area (Å²) in [7, 11) is 4.06. The third-order valence-electron chi connectivity index (χ3n) is 3.27. The lowest BCUT2D eigenvalue weighted by molar-refractivity contribution is 0.0413. The second kappa shape index (κ2) is 7.17. The van der Waals surface area contributed by atoms with Crippen molar-refractivity contribution >= 4 is 0 Å². The molecule has 0 spiro atoms. The lowest BCUT2D eigenvalue weighted by Crippen LogP contribution is -2.40. The van der Waals surface area contributed by atoms with Crippen LogP contribution in [-0.4, -0.2) is 62.6 Å². The third-order valence-corrected chi connectivity index (χ3v) is 3.27. The van der Waals surface area contributed by atoms with Crippen LogP contribution in [0.15, 0.2) is 0 Å². The zero-order valence-corrected chi connectivity index (χ0v) is 9.91. The van der Waals surface area contributed by atoms with Crippen molar-refractivity contribution in [2.45, 2.75) is 31.3 Å². The average Bonchev–Trinajstić information content (AvgIpc) is 2.31. The lowest BCUT2D eigenvalue weighted by atomic mass is 10.1. The van der Waals surface area contributed by atoms with Crippen molar-refractivity contribution in [2.75, 3.05) is 40.5 Å². The van der Waals surface area contributed by atoms with Gasteiger partial charge in [0, 0.05) is 25.3 Å². The van der Waals surface area contributed by atoms with Gasteiger partial charge in [-0.05, 0) is 39.9 Å². The molecule has 0 aromatic carbocycles. The molecule has 1 heterocycles. The molecule has 1 aliphatic heterocycles. The van der Waals surface area contributed by atoms with Gasteiger partial charge in [0.15, 0.2) is 0 Å². The number of likely N-dealkylation sites (N-methyl/N-ethyl adjacent to an activating group) is 1. The maximum Gasteiger partial charge on any atom is 0.0585 e. The van der Waals surface area contributed by atoms with E-state index in [0.717, 1.165) is 39.0 Å². The first kappa shape index (κ1) is 12.9. The summed E-state index contributed by atoms with van der Waals surface area (Å²) in [4.78, 5) is 2.39. The Balaban J connectivity index is 2.18. The zero-order valence-electron chi connectivity index (χ0n) is 9.91. The highest BCUT2D eigenvalue weighted by Crippen LogP contribution is 2.13. The summed E-state index contributed by atoms with van der Waals surface area (Å²) < 4.78 is 5.34. The molecule has 4 heteroatoms. The minimum atomic E-state index is 0.220. The summed E-state index contributed by atoms with van der Waals surface area (Å²) in [5.41, 5.74) is 0. The van der Waals surface area contributed by atoms with Gasteiger partial charge in [-0.2, -0.15) is 0 Å². The fourth-order valence-electron chi connectivity index (χ4n) is 1.99. The Morgan fingerprint density at radius 2 is 2.13 bits per heavy atom. The molecule has 0 saturated carbocycles. The minimum absolute atomic E-state index is 0.220. The van der Waals surface area contributed by atoms with Crippen LogP contribution >= 0.6 is 0 Å².